The number of rotatable bonds is 6. The lowest BCUT2D eigenvalue weighted by molar-refractivity contribution is -0.130. The van der Waals surface area contributed by atoms with E-state index in [1.54, 1.807) is 4.90 Å². The molecular formula is C18H26N2O3. The number of carbonyl (C=O) groups is 2. The molecule has 0 aromatic heterocycles. The van der Waals surface area contributed by atoms with Crippen LogP contribution in [0.15, 0.2) is 30.3 Å². The third-order valence-corrected chi connectivity index (χ3v) is 4.33. The Morgan fingerprint density at radius 2 is 1.83 bits per heavy atom. The molecule has 0 bridgehead atoms. The van der Waals surface area contributed by atoms with Crippen molar-refractivity contribution in [2.75, 3.05) is 6.54 Å². The van der Waals surface area contributed by atoms with Gasteiger partial charge in [0.25, 0.3) is 0 Å². The van der Waals surface area contributed by atoms with Gasteiger partial charge in [-0.3, -0.25) is 9.59 Å². The predicted octanol–water partition coefficient (Wildman–Crippen LogP) is 1.84. The van der Waals surface area contributed by atoms with Crippen molar-refractivity contribution >= 4 is 11.8 Å². The zero-order valence-electron chi connectivity index (χ0n) is 13.7. The number of nitrogens with one attached hydrogen (secondary N) is 1. The number of hydrogen-bond donors (Lipinski definition) is 2. The Bertz CT molecular complexity index is 510. The molecule has 0 saturated heterocycles. The second-order valence-electron chi connectivity index (χ2n) is 6.25. The fourth-order valence-corrected chi connectivity index (χ4v) is 2.91. The number of carbonyl (C=O) groups excluding carboxylic acids is 2. The Hall–Kier alpha value is -1.88. The molecule has 1 aromatic carbocycles. The van der Waals surface area contributed by atoms with Gasteiger partial charge < -0.3 is 15.3 Å². The summed E-state index contributed by atoms with van der Waals surface area (Å²) >= 11 is 0. The van der Waals surface area contributed by atoms with Crippen LogP contribution in [0.4, 0.5) is 0 Å². The average Bonchev–Trinajstić information content (AvgIpc) is 2.54. The highest BCUT2D eigenvalue weighted by atomic mass is 16.3. The molecule has 2 amide bonds. The van der Waals surface area contributed by atoms with Gasteiger partial charge in [0.15, 0.2) is 0 Å². The minimum atomic E-state index is -0.220. The Kier molecular flexibility index (Phi) is 6.59. The first kappa shape index (κ1) is 17.5. The Labute approximate surface area is 137 Å². The van der Waals surface area contributed by atoms with E-state index in [1.165, 1.54) is 6.92 Å². The zero-order chi connectivity index (χ0) is 16.7. The lowest BCUT2D eigenvalue weighted by Crippen LogP contribution is -2.40. The first-order valence-corrected chi connectivity index (χ1v) is 8.31. The molecule has 2 rings (SSSR count). The van der Waals surface area contributed by atoms with Crippen LogP contribution in [0.2, 0.25) is 0 Å². The molecule has 0 aliphatic heterocycles. The van der Waals surface area contributed by atoms with E-state index >= 15 is 0 Å². The zero-order valence-corrected chi connectivity index (χ0v) is 13.7. The molecule has 126 valence electrons. The van der Waals surface area contributed by atoms with E-state index < -0.39 is 0 Å². The van der Waals surface area contributed by atoms with Gasteiger partial charge in [0.2, 0.25) is 11.8 Å². The number of aliphatic hydroxyl groups is 1. The van der Waals surface area contributed by atoms with E-state index in [4.69, 9.17) is 0 Å². The van der Waals surface area contributed by atoms with E-state index in [1.807, 2.05) is 30.3 Å². The molecular weight excluding hydrogens is 292 g/mol. The van der Waals surface area contributed by atoms with Crippen molar-refractivity contribution in [3.05, 3.63) is 35.9 Å². The van der Waals surface area contributed by atoms with Gasteiger partial charge in [0.05, 0.1) is 6.10 Å². The summed E-state index contributed by atoms with van der Waals surface area (Å²) in [6, 6.07) is 9.93. The monoisotopic (exact) mass is 318 g/mol. The average molecular weight is 318 g/mol. The van der Waals surface area contributed by atoms with Gasteiger partial charge in [-0.2, -0.15) is 0 Å². The quantitative estimate of drug-likeness (QED) is 0.841. The molecule has 1 aliphatic rings. The largest absolute Gasteiger partial charge is 0.393 e. The van der Waals surface area contributed by atoms with Crippen molar-refractivity contribution < 1.29 is 14.7 Å². The Morgan fingerprint density at radius 3 is 2.43 bits per heavy atom. The maximum absolute atomic E-state index is 12.1. The number of aliphatic hydroxyl groups excluding tert-OH is 1. The minimum absolute atomic E-state index is 0.0225. The standard InChI is InChI=1S/C18H26N2O3/c1-14(21)20(13-15-5-3-2-4-6-15)12-11-18(23)19-16-7-9-17(22)10-8-16/h2-6,16-17,22H,7-13H2,1H3,(H,19,23). The summed E-state index contributed by atoms with van der Waals surface area (Å²) in [6.45, 7) is 2.48. The summed E-state index contributed by atoms with van der Waals surface area (Å²) in [6.07, 6.45) is 3.24. The normalized spacial score (nSPS) is 20.8. The molecule has 1 aliphatic carbocycles. The van der Waals surface area contributed by atoms with Crippen LogP contribution in [0.5, 0.6) is 0 Å². The molecule has 1 aromatic rings. The van der Waals surface area contributed by atoms with Gasteiger partial charge in [-0.1, -0.05) is 30.3 Å². The third kappa shape index (κ3) is 6.02. The molecule has 0 heterocycles. The van der Waals surface area contributed by atoms with E-state index in [2.05, 4.69) is 5.32 Å². The van der Waals surface area contributed by atoms with E-state index in [9.17, 15) is 14.7 Å². The van der Waals surface area contributed by atoms with Crippen molar-refractivity contribution in [1.29, 1.82) is 0 Å². The number of amides is 2. The van der Waals surface area contributed by atoms with Crippen LogP contribution >= 0.6 is 0 Å². The van der Waals surface area contributed by atoms with Crippen LogP contribution in [0.3, 0.4) is 0 Å². The van der Waals surface area contributed by atoms with E-state index in [0.717, 1.165) is 31.2 Å². The lowest BCUT2D eigenvalue weighted by Gasteiger charge is -2.27. The molecule has 2 N–H and O–H groups in total. The Balaban J connectivity index is 1.77. The topological polar surface area (TPSA) is 69.6 Å². The highest BCUT2D eigenvalue weighted by molar-refractivity contribution is 5.78. The van der Waals surface area contributed by atoms with Gasteiger partial charge in [0, 0.05) is 32.5 Å². The summed E-state index contributed by atoms with van der Waals surface area (Å²) in [5.74, 6) is -0.0480. The molecule has 1 fully saturated rings. The van der Waals surface area contributed by atoms with Gasteiger partial charge in [-0.25, -0.2) is 0 Å². The van der Waals surface area contributed by atoms with Crippen molar-refractivity contribution in [2.24, 2.45) is 0 Å². The highest BCUT2D eigenvalue weighted by Crippen LogP contribution is 2.18. The second-order valence-corrected chi connectivity index (χ2v) is 6.25. The van der Waals surface area contributed by atoms with Gasteiger partial charge >= 0.3 is 0 Å². The minimum Gasteiger partial charge on any atom is -0.393 e. The molecule has 0 radical (unpaired) electrons. The SMILES string of the molecule is CC(=O)N(CCC(=O)NC1CCC(O)CC1)Cc1ccccc1. The first-order valence-electron chi connectivity index (χ1n) is 8.31. The summed E-state index contributed by atoms with van der Waals surface area (Å²) in [4.78, 5) is 25.5. The van der Waals surface area contributed by atoms with Gasteiger partial charge in [0.1, 0.15) is 0 Å². The van der Waals surface area contributed by atoms with Crippen LogP contribution in [0.25, 0.3) is 0 Å². The lowest BCUT2D eigenvalue weighted by atomic mass is 9.93. The first-order chi connectivity index (χ1) is 11.0. The fourth-order valence-electron chi connectivity index (χ4n) is 2.91. The predicted molar refractivity (Wildman–Crippen MR) is 88.6 cm³/mol. The highest BCUT2D eigenvalue weighted by Gasteiger charge is 2.21. The van der Waals surface area contributed by atoms with Crippen LogP contribution in [-0.2, 0) is 16.1 Å². The molecule has 0 spiro atoms. The molecule has 1 saturated carbocycles. The molecule has 5 nitrogen and oxygen atoms in total. The van der Waals surface area contributed by atoms with Crippen molar-refractivity contribution in [3.63, 3.8) is 0 Å². The summed E-state index contributed by atoms with van der Waals surface area (Å²) in [7, 11) is 0. The van der Waals surface area contributed by atoms with E-state index in [-0.39, 0.29) is 24.0 Å². The maximum atomic E-state index is 12.1. The summed E-state index contributed by atoms with van der Waals surface area (Å²) in [5, 5.41) is 12.5. The summed E-state index contributed by atoms with van der Waals surface area (Å²) < 4.78 is 0. The van der Waals surface area contributed by atoms with Crippen molar-refractivity contribution in [3.8, 4) is 0 Å². The molecule has 5 heteroatoms. The van der Waals surface area contributed by atoms with Gasteiger partial charge in [-0.05, 0) is 31.2 Å². The number of nitrogens with zero attached hydrogens (tertiary/aromatic N) is 1. The van der Waals surface area contributed by atoms with Crippen LogP contribution < -0.4 is 5.32 Å². The Morgan fingerprint density at radius 1 is 1.17 bits per heavy atom. The smallest absolute Gasteiger partial charge is 0.221 e. The number of hydrogen-bond acceptors (Lipinski definition) is 3. The van der Waals surface area contributed by atoms with Crippen molar-refractivity contribution in [2.45, 2.75) is 57.7 Å². The molecule has 23 heavy (non-hydrogen) atoms. The molecule has 0 unspecified atom stereocenters. The van der Waals surface area contributed by atoms with Gasteiger partial charge in [-0.15, -0.1) is 0 Å². The third-order valence-electron chi connectivity index (χ3n) is 4.33. The molecule has 0 atom stereocenters. The van der Waals surface area contributed by atoms with Crippen LogP contribution in [0, 0.1) is 0 Å². The van der Waals surface area contributed by atoms with E-state index in [0.29, 0.717) is 19.5 Å². The summed E-state index contributed by atoms with van der Waals surface area (Å²) in [5.41, 5.74) is 1.06. The van der Waals surface area contributed by atoms with Crippen molar-refractivity contribution in [1.82, 2.24) is 10.2 Å². The van der Waals surface area contributed by atoms with Crippen LogP contribution in [0.1, 0.15) is 44.6 Å². The van der Waals surface area contributed by atoms with Crippen LogP contribution in [-0.4, -0.2) is 40.5 Å². The fraction of sp³-hybridized carbons (Fsp3) is 0.556. The number of benzene rings is 1. The maximum Gasteiger partial charge on any atom is 0.221 e. The second kappa shape index (κ2) is 8.67.